The van der Waals surface area contributed by atoms with Crippen molar-refractivity contribution >= 4 is 11.6 Å². The van der Waals surface area contributed by atoms with Crippen molar-refractivity contribution in [3.8, 4) is 5.88 Å². The van der Waals surface area contributed by atoms with Crippen molar-refractivity contribution in [3.05, 3.63) is 16.5 Å². The summed E-state index contributed by atoms with van der Waals surface area (Å²) in [5, 5.41) is 0.417. The van der Waals surface area contributed by atoms with E-state index in [0.29, 0.717) is 56.5 Å². The summed E-state index contributed by atoms with van der Waals surface area (Å²) in [5.41, 5.74) is 0.736. The number of hydrogen-bond donors (Lipinski definition) is 0. The van der Waals surface area contributed by atoms with Gasteiger partial charge in [0.2, 0.25) is 5.88 Å². The van der Waals surface area contributed by atoms with Crippen molar-refractivity contribution < 1.29 is 18.9 Å². The Labute approximate surface area is 124 Å². The van der Waals surface area contributed by atoms with Crippen LogP contribution in [-0.2, 0) is 14.2 Å². The second-order valence-corrected chi connectivity index (χ2v) is 4.42. The highest BCUT2D eigenvalue weighted by atomic mass is 35.5. The minimum Gasteiger partial charge on any atom is -0.475 e. The topological polar surface area (TPSA) is 62.7 Å². The molecular weight excluding hydrogens is 284 g/mol. The van der Waals surface area contributed by atoms with Gasteiger partial charge in [-0.05, 0) is 13.8 Å². The highest BCUT2D eigenvalue weighted by Crippen LogP contribution is 2.21. The Morgan fingerprint density at radius 1 is 0.900 bits per heavy atom. The summed E-state index contributed by atoms with van der Waals surface area (Å²) in [6, 6.07) is 0. The van der Waals surface area contributed by atoms with Crippen LogP contribution in [0.5, 0.6) is 5.88 Å². The number of aromatic nitrogens is 2. The Bertz CT molecular complexity index is 404. The van der Waals surface area contributed by atoms with Crippen LogP contribution in [0.2, 0.25) is 5.15 Å². The molecule has 1 aromatic rings. The summed E-state index contributed by atoms with van der Waals surface area (Å²) in [4.78, 5) is 8.23. The normalized spacial score (nSPS) is 10.8. The van der Waals surface area contributed by atoms with Gasteiger partial charge in [-0.15, -0.1) is 0 Å². The van der Waals surface area contributed by atoms with Gasteiger partial charge in [-0.2, -0.15) is 4.98 Å². The first kappa shape index (κ1) is 17.1. The standard InChI is InChI=1S/C13H21ClN2O4/c1-10-12(14)15-11(2)16-13(10)20-9-8-19-7-6-18-5-4-17-3/h4-9H2,1-3H3. The molecular formula is C13H21ClN2O4. The first-order valence-corrected chi connectivity index (χ1v) is 6.81. The van der Waals surface area contributed by atoms with E-state index in [2.05, 4.69) is 9.97 Å². The van der Waals surface area contributed by atoms with E-state index in [4.69, 9.17) is 30.5 Å². The third-order valence-corrected chi connectivity index (χ3v) is 2.79. The molecule has 0 spiro atoms. The Balaban J connectivity index is 2.13. The highest BCUT2D eigenvalue weighted by molar-refractivity contribution is 6.30. The fourth-order valence-electron chi connectivity index (χ4n) is 1.37. The van der Waals surface area contributed by atoms with Gasteiger partial charge in [0.25, 0.3) is 0 Å². The molecule has 0 saturated carbocycles. The fraction of sp³-hybridized carbons (Fsp3) is 0.692. The van der Waals surface area contributed by atoms with Crippen LogP contribution in [0.3, 0.4) is 0 Å². The molecule has 0 aliphatic rings. The van der Waals surface area contributed by atoms with Crippen molar-refractivity contribution in [3.63, 3.8) is 0 Å². The van der Waals surface area contributed by atoms with Crippen LogP contribution in [0, 0.1) is 13.8 Å². The number of halogens is 1. The van der Waals surface area contributed by atoms with Gasteiger partial charge >= 0.3 is 0 Å². The van der Waals surface area contributed by atoms with Gasteiger partial charge in [0.1, 0.15) is 17.6 Å². The number of methoxy groups -OCH3 is 1. The molecule has 20 heavy (non-hydrogen) atoms. The Hall–Kier alpha value is -0.950. The van der Waals surface area contributed by atoms with E-state index >= 15 is 0 Å². The van der Waals surface area contributed by atoms with E-state index in [1.54, 1.807) is 14.0 Å². The molecule has 0 atom stereocenters. The summed E-state index contributed by atoms with van der Waals surface area (Å²) in [6.45, 7) is 6.70. The average molecular weight is 305 g/mol. The van der Waals surface area contributed by atoms with E-state index in [1.807, 2.05) is 6.92 Å². The summed E-state index contributed by atoms with van der Waals surface area (Å²) in [7, 11) is 1.64. The lowest BCUT2D eigenvalue weighted by atomic mass is 10.3. The molecule has 1 rings (SSSR count). The van der Waals surface area contributed by atoms with Gasteiger partial charge in [-0.1, -0.05) is 11.6 Å². The number of aryl methyl sites for hydroxylation is 1. The molecule has 0 radical (unpaired) electrons. The largest absolute Gasteiger partial charge is 0.475 e. The molecule has 0 fully saturated rings. The van der Waals surface area contributed by atoms with E-state index in [-0.39, 0.29) is 0 Å². The lowest BCUT2D eigenvalue weighted by molar-refractivity contribution is 0.0176. The second kappa shape index (κ2) is 9.88. The molecule has 0 aromatic carbocycles. The number of nitrogens with zero attached hydrogens (tertiary/aromatic N) is 2. The molecule has 0 amide bonds. The maximum absolute atomic E-state index is 5.95. The molecule has 0 saturated heterocycles. The quantitative estimate of drug-likeness (QED) is 0.485. The van der Waals surface area contributed by atoms with Gasteiger partial charge < -0.3 is 18.9 Å². The van der Waals surface area contributed by atoms with E-state index in [9.17, 15) is 0 Å². The first-order valence-electron chi connectivity index (χ1n) is 6.43. The van der Waals surface area contributed by atoms with Crippen LogP contribution in [0.4, 0.5) is 0 Å². The van der Waals surface area contributed by atoms with Crippen molar-refractivity contribution in [1.82, 2.24) is 9.97 Å². The predicted octanol–water partition coefficient (Wildman–Crippen LogP) is 1.81. The summed E-state index contributed by atoms with van der Waals surface area (Å²) < 4.78 is 21.0. The SMILES string of the molecule is COCCOCCOCCOc1nc(C)nc(Cl)c1C. The minimum atomic E-state index is 0.408. The summed E-state index contributed by atoms with van der Waals surface area (Å²) in [5.74, 6) is 1.09. The molecule has 0 aliphatic carbocycles. The average Bonchev–Trinajstić information content (AvgIpc) is 2.42. The zero-order chi connectivity index (χ0) is 14.8. The lowest BCUT2D eigenvalue weighted by Crippen LogP contribution is -2.13. The van der Waals surface area contributed by atoms with Crippen molar-refractivity contribution in [1.29, 1.82) is 0 Å². The maximum atomic E-state index is 5.95. The molecule has 0 aliphatic heterocycles. The lowest BCUT2D eigenvalue weighted by Gasteiger charge is -2.10. The van der Waals surface area contributed by atoms with E-state index in [1.165, 1.54) is 0 Å². The van der Waals surface area contributed by atoms with Crippen molar-refractivity contribution in [2.24, 2.45) is 0 Å². The molecule has 6 nitrogen and oxygen atoms in total. The highest BCUT2D eigenvalue weighted by Gasteiger charge is 2.08. The zero-order valence-corrected chi connectivity index (χ0v) is 12.9. The van der Waals surface area contributed by atoms with Crippen molar-refractivity contribution in [2.75, 3.05) is 46.8 Å². The molecule has 1 aromatic heterocycles. The van der Waals surface area contributed by atoms with E-state index in [0.717, 1.165) is 5.56 Å². The molecule has 0 bridgehead atoms. The number of hydrogen-bond acceptors (Lipinski definition) is 6. The van der Waals surface area contributed by atoms with Crippen LogP contribution in [-0.4, -0.2) is 56.7 Å². The Kier molecular flexibility index (Phi) is 8.45. The molecule has 7 heteroatoms. The van der Waals surface area contributed by atoms with Gasteiger partial charge in [-0.3, -0.25) is 0 Å². The fourth-order valence-corrected chi connectivity index (χ4v) is 1.58. The third-order valence-electron chi connectivity index (χ3n) is 2.42. The van der Waals surface area contributed by atoms with Gasteiger partial charge in [-0.25, -0.2) is 4.98 Å². The second-order valence-electron chi connectivity index (χ2n) is 4.06. The van der Waals surface area contributed by atoms with Gasteiger partial charge in [0, 0.05) is 12.7 Å². The Morgan fingerprint density at radius 2 is 1.50 bits per heavy atom. The van der Waals surface area contributed by atoms with E-state index < -0.39 is 0 Å². The van der Waals surface area contributed by atoms with Gasteiger partial charge in [0.15, 0.2) is 0 Å². The van der Waals surface area contributed by atoms with Crippen LogP contribution in [0.1, 0.15) is 11.4 Å². The third kappa shape index (κ3) is 6.47. The Morgan fingerprint density at radius 3 is 2.15 bits per heavy atom. The molecule has 0 unspecified atom stereocenters. The van der Waals surface area contributed by atoms with Crippen LogP contribution < -0.4 is 4.74 Å². The van der Waals surface area contributed by atoms with Crippen LogP contribution >= 0.6 is 11.6 Å². The maximum Gasteiger partial charge on any atom is 0.221 e. The van der Waals surface area contributed by atoms with Gasteiger partial charge in [0.05, 0.1) is 33.0 Å². The first-order chi connectivity index (χ1) is 9.65. The number of rotatable bonds is 10. The van der Waals surface area contributed by atoms with Crippen LogP contribution in [0.25, 0.3) is 0 Å². The zero-order valence-electron chi connectivity index (χ0n) is 12.1. The smallest absolute Gasteiger partial charge is 0.221 e. The summed E-state index contributed by atoms with van der Waals surface area (Å²) in [6.07, 6.45) is 0. The molecule has 1 heterocycles. The minimum absolute atomic E-state index is 0.408. The van der Waals surface area contributed by atoms with Crippen LogP contribution in [0.15, 0.2) is 0 Å². The predicted molar refractivity (Wildman–Crippen MR) is 75.5 cm³/mol. The molecule has 114 valence electrons. The monoisotopic (exact) mass is 304 g/mol. The number of ether oxygens (including phenoxy) is 4. The molecule has 0 N–H and O–H groups in total. The summed E-state index contributed by atoms with van der Waals surface area (Å²) >= 11 is 5.95. The van der Waals surface area contributed by atoms with Crippen molar-refractivity contribution in [2.45, 2.75) is 13.8 Å².